The molecule has 21 heavy (non-hydrogen) atoms. The molecule has 0 saturated carbocycles. The van der Waals surface area contributed by atoms with Crippen molar-refractivity contribution in [1.29, 1.82) is 0 Å². The Hall–Kier alpha value is -1.55. The number of carbonyl (C=O) groups is 1. The number of halogens is 1. The minimum absolute atomic E-state index is 0.242. The largest absolute Gasteiger partial charge is 0.457 e. The molecule has 114 valence electrons. The second kappa shape index (κ2) is 8.03. The van der Waals surface area contributed by atoms with Crippen molar-refractivity contribution in [2.24, 2.45) is 0 Å². The van der Waals surface area contributed by atoms with Crippen LogP contribution in [0.2, 0.25) is 0 Å². The molecule has 0 aliphatic rings. The van der Waals surface area contributed by atoms with Gasteiger partial charge in [-0.2, -0.15) is 18.5 Å². The standard InChI is InChI=1S/C12H12NO2S.ClHO4/c1-2-7-15-12(14)8-13-9-16-11-6-4-3-5-10(11)13;2-1(3,4)5/h2-6,9H,1,7-8H2;(H,2,3,4,5)/q+1;. The maximum Gasteiger partial charge on any atom is 0.373 e. The monoisotopic (exact) mass is 334 g/mol. The van der Waals surface area contributed by atoms with Crippen molar-refractivity contribution < 1.29 is 43.0 Å². The predicted octanol–water partition coefficient (Wildman–Crippen LogP) is -2.21. The number of benzene rings is 1. The third-order valence-corrected chi connectivity index (χ3v) is 3.10. The van der Waals surface area contributed by atoms with Crippen LogP contribution in [-0.4, -0.2) is 17.2 Å². The van der Waals surface area contributed by atoms with E-state index in [1.54, 1.807) is 17.4 Å². The molecule has 1 aromatic carbocycles. The average Bonchev–Trinajstić information content (AvgIpc) is 2.78. The quantitative estimate of drug-likeness (QED) is 0.385. The first-order valence-corrected chi connectivity index (χ1v) is 7.71. The summed E-state index contributed by atoms with van der Waals surface area (Å²) in [4.78, 5) is 11.4. The molecule has 0 radical (unpaired) electrons. The predicted molar refractivity (Wildman–Crippen MR) is 65.4 cm³/mol. The highest BCUT2D eigenvalue weighted by atomic mass is 35.7. The molecule has 0 amide bonds. The minimum Gasteiger partial charge on any atom is -0.457 e. The normalized spacial score (nSPS) is 10.7. The highest BCUT2D eigenvalue weighted by molar-refractivity contribution is 7.16. The van der Waals surface area contributed by atoms with Crippen LogP contribution in [0.25, 0.3) is 10.2 Å². The fraction of sp³-hybridized carbons (Fsp3) is 0.167. The lowest BCUT2D eigenvalue weighted by molar-refractivity contribution is -1.92. The van der Waals surface area contributed by atoms with Crippen molar-refractivity contribution in [3.8, 4) is 0 Å². The van der Waals surface area contributed by atoms with Crippen LogP contribution in [0.15, 0.2) is 42.4 Å². The molecule has 1 N–H and O–H groups in total. The molecule has 9 heteroatoms. The van der Waals surface area contributed by atoms with Gasteiger partial charge >= 0.3 is 5.97 Å². The van der Waals surface area contributed by atoms with Gasteiger partial charge in [0, 0.05) is 6.07 Å². The van der Waals surface area contributed by atoms with Crippen LogP contribution < -0.4 is 18.5 Å². The van der Waals surface area contributed by atoms with Gasteiger partial charge in [-0.25, -0.2) is 4.79 Å². The van der Waals surface area contributed by atoms with Gasteiger partial charge in [0.25, 0.3) is 0 Å². The maximum absolute atomic E-state index is 11.4. The lowest BCUT2D eigenvalue weighted by Gasteiger charge is -2.03. The third kappa shape index (κ3) is 7.14. The second-order valence-electron chi connectivity index (χ2n) is 3.69. The molecule has 1 aromatic heterocycles. The fourth-order valence-electron chi connectivity index (χ4n) is 1.43. The van der Waals surface area contributed by atoms with Crippen LogP contribution in [0.5, 0.6) is 0 Å². The van der Waals surface area contributed by atoms with Gasteiger partial charge in [-0.1, -0.05) is 36.1 Å². The Balaban J connectivity index is 0.000000383. The van der Waals surface area contributed by atoms with Gasteiger partial charge in [-0.3, -0.25) is 0 Å². The molecule has 0 spiro atoms. The number of hydrogen-bond donors (Lipinski definition) is 1. The molecule has 1 heterocycles. The van der Waals surface area contributed by atoms with Crippen LogP contribution in [0.4, 0.5) is 0 Å². The number of rotatable bonds is 4. The Labute approximate surface area is 126 Å². The summed E-state index contributed by atoms with van der Waals surface area (Å²) in [6.45, 7) is 4.01. The molecule has 0 atom stereocenters. The van der Waals surface area contributed by atoms with Crippen LogP contribution in [0.1, 0.15) is 0 Å². The summed E-state index contributed by atoms with van der Waals surface area (Å²) < 4.78 is 40.7. The SMILES string of the molecule is C=CCOC(=O)C[n+]1csc2ccccc21.[O-][Cl+3]([O-])([O-])O. The topological polar surface area (TPSA) is 120 Å². The van der Waals surface area contributed by atoms with E-state index in [0.717, 1.165) is 5.52 Å². The molecule has 0 bridgehead atoms. The molecule has 0 saturated heterocycles. The van der Waals surface area contributed by atoms with E-state index >= 15 is 0 Å². The van der Waals surface area contributed by atoms with Crippen LogP contribution in [0.3, 0.4) is 0 Å². The summed E-state index contributed by atoms with van der Waals surface area (Å²) in [5, 5.41) is 0. The lowest BCUT2D eigenvalue weighted by atomic mass is 10.3. The summed E-state index contributed by atoms with van der Waals surface area (Å²) in [6.07, 6.45) is 1.56. The molecule has 0 aliphatic carbocycles. The molecule has 0 aliphatic heterocycles. The van der Waals surface area contributed by atoms with Crippen LogP contribution >= 0.6 is 11.3 Å². The summed E-state index contributed by atoms with van der Waals surface area (Å²) in [5.74, 6) is -0.242. The van der Waals surface area contributed by atoms with E-state index in [9.17, 15) is 4.79 Å². The Morgan fingerprint density at radius 2 is 2.05 bits per heavy atom. The molecule has 0 fully saturated rings. The van der Waals surface area contributed by atoms with E-state index in [4.69, 9.17) is 23.4 Å². The van der Waals surface area contributed by atoms with E-state index in [-0.39, 0.29) is 19.1 Å². The Morgan fingerprint density at radius 3 is 2.67 bits per heavy atom. The van der Waals surface area contributed by atoms with Crippen molar-refractivity contribution in [2.75, 3.05) is 6.61 Å². The Kier molecular flexibility index (Phi) is 6.69. The van der Waals surface area contributed by atoms with Crippen molar-refractivity contribution in [3.05, 3.63) is 42.4 Å². The number of hydrogen-bond acceptors (Lipinski definition) is 7. The maximum atomic E-state index is 11.4. The number of para-hydroxylation sites is 1. The van der Waals surface area contributed by atoms with Crippen LogP contribution in [-0.2, 0) is 16.1 Å². The number of ether oxygens (including phenoxy) is 1. The number of esters is 1. The van der Waals surface area contributed by atoms with Crippen molar-refractivity contribution in [3.63, 3.8) is 0 Å². The van der Waals surface area contributed by atoms with E-state index in [2.05, 4.69) is 6.58 Å². The van der Waals surface area contributed by atoms with E-state index in [0.29, 0.717) is 0 Å². The molecule has 2 rings (SSSR count). The van der Waals surface area contributed by atoms with Gasteiger partial charge in [-0.05, 0) is 6.07 Å². The Bertz CT molecular complexity index is 603. The molecule has 7 nitrogen and oxygen atoms in total. The summed E-state index contributed by atoms with van der Waals surface area (Å²) in [7, 11) is -4.69. The van der Waals surface area contributed by atoms with Crippen molar-refractivity contribution >= 4 is 27.5 Å². The van der Waals surface area contributed by atoms with Crippen molar-refractivity contribution in [1.82, 2.24) is 0 Å². The summed E-state index contributed by atoms with van der Waals surface area (Å²) >= 11 is 1.61. The van der Waals surface area contributed by atoms with E-state index < -0.39 is 10.2 Å². The lowest BCUT2D eigenvalue weighted by Crippen LogP contribution is -2.58. The van der Waals surface area contributed by atoms with Crippen molar-refractivity contribution in [2.45, 2.75) is 6.54 Å². The average molecular weight is 335 g/mol. The number of fused-ring (bicyclic) bond motifs is 1. The first kappa shape index (κ1) is 17.5. The molecule has 0 unspecified atom stereocenters. The number of aromatic nitrogens is 1. The zero-order valence-electron chi connectivity index (χ0n) is 10.8. The van der Waals surface area contributed by atoms with E-state index in [1.165, 1.54) is 4.70 Å². The third-order valence-electron chi connectivity index (χ3n) is 2.14. The van der Waals surface area contributed by atoms with Gasteiger partial charge < -0.3 is 4.74 Å². The first-order chi connectivity index (χ1) is 9.81. The number of carbonyl (C=O) groups excluding carboxylic acids is 1. The zero-order valence-corrected chi connectivity index (χ0v) is 12.4. The highest BCUT2D eigenvalue weighted by Crippen LogP contribution is 2.14. The first-order valence-electron chi connectivity index (χ1n) is 5.56. The van der Waals surface area contributed by atoms with Gasteiger partial charge in [0.2, 0.25) is 17.6 Å². The number of thiazole rings is 1. The molecule has 2 aromatic rings. The fourth-order valence-corrected chi connectivity index (χ4v) is 2.32. The van der Waals surface area contributed by atoms with Gasteiger partial charge in [0.1, 0.15) is 11.3 Å². The van der Waals surface area contributed by atoms with Crippen LogP contribution in [0, 0.1) is 10.2 Å². The second-order valence-corrected chi connectivity index (χ2v) is 5.36. The number of nitrogens with zero attached hydrogens (tertiary/aromatic N) is 1. The summed E-state index contributed by atoms with van der Waals surface area (Å²) in [5.41, 5.74) is 2.99. The van der Waals surface area contributed by atoms with Gasteiger partial charge in [-0.15, -0.1) is 0 Å². The zero-order chi connectivity index (χ0) is 15.9. The summed E-state index contributed by atoms with van der Waals surface area (Å²) in [6, 6.07) is 7.97. The molecular formula is C12H13ClNO6S+. The van der Waals surface area contributed by atoms with E-state index in [1.807, 2.05) is 34.3 Å². The van der Waals surface area contributed by atoms with Gasteiger partial charge in [0.15, 0.2) is 0 Å². The highest BCUT2D eigenvalue weighted by Gasteiger charge is 2.15. The smallest absolute Gasteiger partial charge is 0.373 e. The van der Waals surface area contributed by atoms with Gasteiger partial charge in [0.05, 0.1) is 14.9 Å². The molecular weight excluding hydrogens is 322 g/mol. The Morgan fingerprint density at radius 1 is 1.43 bits per heavy atom. The minimum atomic E-state index is -4.69.